The first-order valence-electron chi connectivity index (χ1n) is 7.65. The first kappa shape index (κ1) is 19.1. The summed E-state index contributed by atoms with van der Waals surface area (Å²) in [4.78, 5) is 7.82. The molecule has 1 aromatic carbocycles. The summed E-state index contributed by atoms with van der Waals surface area (Å²) in [5.41, 5.74) is 0.936. The lowest BCUT2D eigenvalue weighted by atomic mass is 10.3. The van der Waals surface area contributed by atoms with Gasteiger partial charge in [0, 0.05) is 17.6 Å². The second kappa shape index (κ2) is 7.79. The van der Waals surface area contributed by atoms with Crippen molar-refractivity contribution < 1.29 is 16.8 Å². The van der Waals surface area contributed by atoms with Gasteiger partial charge in [0.25, 0.3) is 10.0 Å². The summed E-state index contributed by atoms with van der Waals surface area (Å²) >= 11 is 0. The van der Waals surface area contributed by atoms with Crippen molar-refractivity contribution in [2.75, 3.05) is 15.2 Å². The molecule has 0 unspecified atom stereocenters. The predicted molar refractivity (Wildman–Crippen MR) is 96.3 cm³/mol. The molecule has 0 aliphatic carbocycles. The van der Waals surface area contributed by atoms with Gasteiger partial charge in [0.05, 0.1) is 10.6 Å². The van der Waals surface area contributed by atoms with Crippen molar-refractivity contribution in [2.24, 2.45) is 0 Å². The van der Waals surface area contributed by atoms with E-state index in [-0.39, 0.29) is 16.6 Å². The van der Waals surface area contributed by atoms with Crippen molar-refractivity contribution in [3.63, 3.8) is 0 Å². The van der Waals surface area contributed by atoms with E-state index in [1.54, 1.807) is 13.0 Å². The van der Waals surface area contributed by atoms with Crippen LogP contribution in [0, 0.1) is 6.92 Å². The van der Waals surface area contributed by atoms with Crippen LogP contribution in [0.4, 0.5) is 11.6 Å². The van der Waals surface area contributed by atoms with E-state index in [2.05, 4.69) is 19.4 Å². The Morgan fingerprint density at radius 3 is 2.28 bits per heavy atom. The molecule has 2 N–H and O–H groups in total. The first-order chi connectivity index (χ1) is 11.7. The molecule has 1 heterocycles. The minimum absolute atomic E-state index is 0.0193. The van der Waals surface area contributed by atoms with E-state index in [1.807, 2.05) is 6.92 Å². The Kier molecular flexibility index (Phi) is 5.96. The highest BCUT2D eigenvalue weighted by molar-refractivity contribution is 7.93. The summed E-state index contributed by atoms with van der Waals surface area (Å²) < 4.78 is 53.1. The van der Waals surface area contributed by atoms with Gasteiger partial charge in [0.1, 0.15) is 0 Å². The highest BCUT2D eigenvalue weighted by atomic mass is 32.2. The minimum Gasteiger partial charge on any atom is -0.284 e. The Labute approximate surface area is 147 Å². The number of hydrogen-bond acceptors (Lipinski definition) is 6. The molecule has 0 spiro atoms. The zero-order valence-electron chi connectivity index (χ0n) is 13.9. The van der Waals surface area contributed by atoms with Crippen molar-refractivity contribution >= 4 is 31.7 Å². The molecule has 136 valence electrons. The summed E-state index contributed by atoms with van der Waals surface area (Å²) in [5.74, 6) is -0.000141. The van der Waals surface area contributed by atoms with E-state index in [4.69, 9.17) is 0 Å². The van der Waals surface area contributed by atoms with Crippen molar-refractivity contribution in [1.29, 1.82) is 0 Å². The summed E-state index contributed by atoms with van der Waals surface area (Å²) in [6, 6.07) is 7.08. The second-order valence-corrected chi connectivity index (χ2v) is 8.95. The highest BCUT2D eigenvalue weighted by Gasteiger charge is 2.16. The lowest BCUT2D eigenvalue weighted by Gasteiger charge is -2.09. The molecule has 0 aliphatic rings. The average Bonchev–Trinajstić information content (AvgIpc) is 2.53. The summed E-state index contributed by atoms with van der Waals surface area (Å²) in [5, 5.41) is 0. The fourth-order valence-corrected chi connectivity index (χ4v) is 4.16. The van der Waals surface area contributed by atoms with Gasteiger partial charge < -0.3 is 0 Å². The number of aromatic nitrogens is 2. The summed E-state index contributed by atoms with van der Waals surface area (Å²) in [6.07, 6.45) is 2.78. The first-order valence-corrected chi connectivity index (χ1v) is 10.8. The maximum atomic E-state index is 12.3. The molecule has 8 nitrogen and oxygen atoms in total. The number of aryl methyl sites for hydroxylation is 1. The molecule has 10 heteroatoms. The molecular formula is C15H20N4O4S2. The maximum absolute atomic E-state index is 12.3. The van der Waals surface area contributed by atoms with Gasteiger partial charge in [-0.15, -0.1) is 0 Å². The number of anilines is 2. The number of nitrogens with zero attached hydrogens (tertiary/aromatic N) is 2. The van der Waals surface area contributed by atoms with Crippen LogP contribution >= 0.6 is 0 Å². The molecule has 0 atom stereocenters. The van der Waals surface area contributed by atoms with E-state index >= 15 is 0 Å². The maximum Gasteiger partial charge on any atom is 0.264 e. The zero-order chi connectivity index (χ0) is 18.5. The van der Waals surface area contributed by atoms with Gasteiger partial charge in [0.2, 0.25) is 16.0 Å². The van der Waals surface area contributed by atoms with Crippen LogP contribution in [0.2, 0.25) is 0 Å². The van der Waals surface area contributed by atoms with Gasteiger partial charge >= 0.3 is 0 Å². The molecule has 0 radical (unpaired) electrons. The predicted octanol–water partition coefficient (Wildman–Crippen LogP) is 2.13. The standard InChI is InChI=1S/C15H20N4O4S2/c1-3-4-11-24(20,21)18-13-5-7-14(8-6-13)25(22,23)19-15-16-10-9-12(2)17-15/h5-10,18H,3-4,11H2,1-2H3,(H,16,17,19). The Balaban J connectivity index is 2.13. The van der Waals surface area contributed by atoms with Crippen LogP contribution in [0.25, 0.3) is 0 Å². The molecule has 0 bridgehead atoms. The van der Waals surface area contributed by atoms with E-state index < -0.39 is 20.0 Å². The summed E-state index contributed by atoms with van der Waals surface area (Å²) in [7, 11) is -7.29. The summed E-state index contributed by atoms with van der Waals surface area (Å²) in [6.45, 7) is 3.62. The van der Waals surface area contributed by atoms with Crippen molar-refractivity contribution in [1.82, 2.24) is 9.97 Å². The minimum atomic E-state index is -3.86. The number of unbranched alkanes of at least 4 members (excludes halogenated alkanes) is 1. The number of nitrogens with one attached hydrogen (secondary N) is 2. The van der Waals surface area contributed by atoms with Crippen molar-refractivity contribution in [3.05, 3.63) is 42.2 Å². The molecule has 0 saturated carbocycles. The Hall–Kier alpha value is -2.20. The quantitative estimate of drug-likeness (QED) is 0.720. The van der Waals surface area contributed by atoms with Gasteiger partial charge in [-0.1, -0.05) is 13.3 Å². The largest absolute Gasteiger partial charge is 0.284 e. The van der Waals surface area contributed by atoms with Gasteiger partial charge in [-0.2, -0.15) is 0 Å². The Morgan fingerprint density at radius 1 is 1.00 bits per heavy atom. The van der Waals surface area contributed by atoms with Gasteiger partial charge in [0.15, 0.2) is 0 Å². The van der Waals surface area contributed by atoms with E-state index in [0.717, 1.165) is 6.42 Å². The van der Waals surface area contributed by atoms with Gasteiger partial charge in [-0.3, -0.25) is 4.72 Å². The molecular weight excluding hydrogens is 364 g/mol. The average molecular weight is 384 g/mol. The third-order valence-corrected chi connectivity index (χ3v) is 5.94. The molecule has 2 aromatic rings. The topological polar surface area (TPSA) is 118 Å². The highest BCUT2D eigenvalue weighted by Crippen LogP contribution is 2.17. The molecule has 0 amide bonds. The van der Waals surface area contributed by atoms with E-state index in [9.17, 15) is 16.8 Å². The smallest absolute Gasteiger partial charge is 0.264 e. The lowest BCUT2D eigenvalue weighted by Crippen LogP contribution is -2.17. The van der Waals surface area contributed by atoms with E-state index in [0.29, 0.717) is 17.8 Å². The molecule has 1 aromatic heterocycles. The Bertz CT molecular complexity index is 926. The molecule has 0 aliphatic heterocycles. The van der Waals surface area contributed by atoms with Crippen LogP contribution in [0.15, 0.2) is 41.4 Å². The SMILES string of the molecule is CCCCS(=O)(=O)Nc1ccc(S(=O)(=O)Nc2nccc(C)n2)cc1. The van der Waals surface area contributed by atoms with Gasteiger partial charge in [-0.25, -0.2) is 31.5 Å². The Morgan fingerprint density at radius 2 is 1.68 bits per heavy atom. The fraction of sp³-hybridized carbons (Fsp3) is 0.333. The number of sulfonamides is 2. The number of rotatable bonds is 8. The number of hydrogen-bond donors (Lipinski definition) is 2. The molecule has 0 fully saturated rings. The van der Waals surface area contributed by atoms with Gasteiger partial charge in [-0.05, 0) is 43.7 Å². The molecule has 0 saturated heterocycles. The second-order valence-electron chi connectivity index (χ2n) is 5.43. The molecule has 25 heavy (non-hydrogen) atoms. The third-order valence-electron chi connectivity index (χ3n) is 3.23. The van der Waals surface area contributed by atoms with Crippen molar-refractivity contribution in [3.8, 4) is 0 Å². The third kappa shape index (κ3) is 5.68. The normalized spacial score (nSPS) is 11.9. The van der Waals surface area contributed by atoms with Crippen LogP contribution in [0.5, 0.6) is 0 Å². The zero-order valence-corrected chi connectivity index (χ0v) is 15.6. The lowest BCUT2D eigenvalue weighted by molar-refractivity contribution is 0.597. The van der Waals surface area contributed by atoms with Crippen LogP contribution in [0.1, 0.15) is 25.5 Å². The van der Waals surface area contributed by atoms with Crippen LogP contribution in [0.3, 0.4) is 0 Å². The van der Waals surface area contributed by atoms with Crippen LogP contribution in [-0.4, -0.2) is 32.6 Å². The van der Waals surface area contributed by atoms with Crippen LogP contribution < -0.4 is 9.44 Å². The van der Waals surface area contributed by atoms with Crippen molar-refractivity contribution in [2.45, 2.75) is 31.6 Å². The number of benzene rings is 1. The monoisotopic (exact) mass is 384 g/mol. The van der Waals surface area contributed by atoms with E-state index in [1.165, 1.54) is 30.5 Å². The fourth-order valence-electron chi connectivity index (χ4n) is 1.94. The molecule has 2 rings (SSSR count). The van der Waals surface area contributed by atoms with Crippen LogP contribution in [-0.2, 0) is 20.0 Å².